The van der Waals surface area contributed by atoms with Gasteiger partial charge in [-0.2, -0.15) is 0 Å². The second-order valence-corrected chi connectivity index (χ2v) is 5.15. The van der Waals surface area contributed by atoms with Crippen LogP contribution in [0.4, 0.5) is 0 Å². The Morgan fingerprint density at radius 1 is 1.05 bits per heavy atom. The van der Waals surface area contributed by atoms with Gasteiger partial charge < -0.3 is 10.5 Å². The van der Waals surface area contributed by atoms with E-state index in [4.69, 9.17) is 15.9 Å². The molecule has 0 fully saturated rings. The summed E-state index contributed by atoms with van der Waals surface area (Å²) < 4.78 is 6.71. The van der Waals surface area contributed by atoms with E-state index in [1.165, 1.54) is 0 Å². The summed E-state index contributed by atoms with van der Waals surface area (Å²) >= 11 is 3.43. The van der Waals surface area contributed by atoms with Crippen molar-refractivity contribution in [2.75, 3.05) is 0 Å². The monoisotopic (exact) mass is 318 g/mol. The highest BCUT2D eigenvalue weighted by Crippen LogP contribution is 2.13. The second-order valence-electron chi connectivity index (χ2n) is 4.23. The highest BCUT2D eigenvalue weighted by molar-refractivity contribution is 9.10. The van der Waals surface area contributed by atoms with E-state index >= 15 is 0 Å². The summed E-state index contributed by atoms with van der Waals surface area (Å²) in [6.07, 6.45) is 0. The topological polar surface area (TPSA) is 59.1 Å². The molecule has 2 rings (SSSR count). The highest BCUT2D eigenvalue weighted by Gasteiger charge is 1.98. The Morgan fingerprint density at radius 2 is 1.74 bits per heavy atom. The Labute approximate surface area is 121 Å². The lowest BCUT2D eigenvalue weighted by Crippen LogP contribution is -2.10. The van der Waals surface area contributed by atoms with Crippen LogP contribution in [0.25, 0.3) is 0 Å². The summed E-state index contributed by atoms with van der Waals surface area (Å²) in [7, 11) is 0. The van der Waals surface area contributed by atoms with Crippen molar-refractivity contribution in [2.45, 2.75) is 13.2 Å². The standard InChI is InChI=1S/C15H15BrN2O/c16-14-3-1-2-12(8-14)10-19-9-11-4-6-13(7-5-11)15(17)18/h1-8H,9-10H2,(H3,17,18). The number of ether oxygens (including phenoxy) is 1. The van der Waals surface area contributed by atoms with Crippen LogP contribution in [0, 0.1) is 5.41 Å². The second kappa shape index (κ2) is 6.50. The SMILES string of the molecule is N=C(N)c1ccc(COCc2cccc(Br)c2)cc1. The van der Waals surface area contributed by atoms with Crippen molar-refractivity contribution in [1.82, 2.24) is 0 Å². The summed E-state index contributed by atoms with van der Waals surface area (Å²) in [5.74, 6) is 0.0848. The third kappa shape index (κ3) is 4.19. The number of hydrogen-bond donors (Lipinski definition) is 2. The van der Waals surface area contributed by atoms with Crippen molar-refractivity contribution < 1.29 is 4.74 Å². The zero-order chi connectivity index (χ0) is 13.7. The van der Waals surface area contributed by atoms with E-state index in [0.717, 1.165) is 21.2 Å². The Hall–Kier alpha value is -1.65. The van der Waals surface area contributed by atoms with E-state index in [1.807, 2.05) is 48.5 Å². The largest absolute Gasteiger partial charge is 0.384 e. The zero-order valence-corrected chi connectivity index (χ0v) is 12.0. The van der Waals surface area contributed by atoms with E-state index in [2.05, 4.69) is 15.9 Å². The molecule has 0 atom stereocenters. The first-order chi connectivity index (χ1) is 9.15. The number of benzene rings is 2. The van der Waals surface area contributed by atoms with Gasteiger partial charge in [-0.05, 0) is 23.3 Å². The van der Waals surface area contributed by atoms with Gasteiger partial charge in [-0.3, -0.25) is 5.41 Å². The van der Waals surface area contributed by atoms with Gasteiger partial charge in [0.15, 0.2) is 0 Å². The van der Waals surface area contributed by atoms with Crippen LogP contribution in [-0.4, -0.2) is 5.84 Å². The molecule has 0 saturated heterocycles. The average Bonchev–Trinajstić information content (AvgIpc) is 2.39. The lowest BCUT2D eigenvalue weighted by atomic mass is 10.1. The van der Waals surface area contributed by atoms with E-state index in [9.17, 15) is 0 Å². The maximum Gasteiger partial charge on any atom is 0.122 e. The summed E-state index contributed by atoms with van der Waals surface area (Å²) in [4.78, 5) is 0. The predicted octanol–water partition coefficient (Wildman–Crippen LogP) is 3.45. The van der Waals surface area contributed by atoms with Gasteiger partial charge in [0, 0.05) is 10.0 Å². The van der Waals surface area contributed by atoms with Gasteiger partial charge in [0.05, 0.1) is 13.2 Å². The molecule has 0 amide bonds. The molecular weight excluding hydrogens is 304 g/mol. The molecular formula is C15H15BrN2O. The smallest absolute Gasteiger partial charge is 0.122 e. The summed E-state index contributed by atoms with van der Waals surface area (Å²) in [5.41, 5.74) is 8.34. The Balaban J connectivity index is 1.87. The molecule has 0 spiro atoms. The fourth-order valence-electron chi connectivity index (χ4n) is 1.69. The van der Waals surface area contributed by atoms with Crippen molar-refractivity contribution in [3.05, 3.63) is 69.7 Å². The highest BCUT2D eigenvalue weighted by atomic mass is 79.9. The molecule has 0 radical (unpaired) electrons. The van der Waals surface area contributed by atoms with Gasteiger partial charge in [-0.15, -0.1) is 0 Å². The van der Waals surface area contributed by atoms with Gasteiger partial charge in [0.1, 0.15) is 5.84 Å². The maximum atomic E-state index is 7.32. The number of amidine groups is 1. The van der Waals surface area contributed by atoms with Crippen molar-refractivity contribution in [3.8, 4) is 0 Å². The molecule has 2 aromatic rings. The van der Waals surface area contributed by atoms with Crippen LogP contribution in [0.2, 0.25) is 0 Å². The first-order valence-corrected chi connectivity index (χ1v) is 6.70. The van der Waals surface area contributed by atoms with Crippen LogP contribution in [0.3, 0.4) is 0 Å². The van der Waals surface area contributed by atoms with E-state index in [0.29, 0.717) is 13.2 Å². The molecule has 0 saturated carbocycles. The Morgan fingerprint density at radius 3 is 2.37 bits per heavy atom. The van der Waals surface area contributed by atoms with Gasteiger partial charge in [-0.25, -0.2) is 0 Å². The molecule has 0 aliphatic carbocycles. The fraction of sp³-hybridized carbons (Fsp3) is 0.133. The summed E-state index contributed by atoms with van der Waals surface area (Å²) in [5, 5.41) is 7.32. The molecule has 19 heavy (non-hydrogen) atoms. The molecule has 0 heterocycles. The predicted molar refractivity (Wildman–Crippen MR) is 80.1 cm³/mol. The molecule has 0 aliphatic heterocycles. The van der Waals surface area contributed by atoms with Gasteiger partial charge in [0.25, 0.3) is 0 Å². The third-order valence-corrected chi connectivity index (χ3v) is 3.18. The molecule has 0 aromatic heterocycles. The van der Waals surface area contributed by atoms with Crippen LogP contribution < -0.4 is 5.73 Å². The van der Waals surface area contributed by atoms with Crippen LogP contribution in [-0.2, 0) is 18.0 Å². The lowest BCUT2D eigenvalue weighted by molar-refractivity contribution is 0.107. The molecule has 0 aliphatic rings. The molecule has 4 heteroatoms. The minimum atomic E-state index is 0.0848. The summed E-state index contributed by atoms with van der Waals surface area (Å²) in [6.45, 7) is 1.12. The fourth-order valence-corrected chi connectivity index (χ4v) is 2.14. The first kappa shape index (κ1) is 13.8. The third-order valence-electron chi connectivity index (χ3n) is 2.69. The number of nitrogens with two attached hydrogens (primary N) is 1. The summed E-state index contributed by atoms with van der Waals surface area (Å²) in [6, 6.07) is 15.6. The molecule has 3 N–H and O–H groups in total. The average molecular weight is 319 g/mol. The van der Waals surface area contributed by atoms with Crippen LogP contribution >= 0.6 is 15.9 Å². The van der Waals surface area contributed by atoms with E-state index in [1.54, 1.807) is 0 Å². The maximum absolute atomic E-state index is 7.32. The van der Waals surface area contributed by atoms with E-state index < -0.39 is 0 Å². The van der Waals surface area contributed by atoms with Crippen molar-refractivity contribution >= 4 is 21.8 Å². The van der Waals surface area contributed by atoms with Gasteiger partial charge in [-0.1, -0.05) is 52.3 Å². The normalized spacial score (nSPS) is 10.4. The minimum absolute atomic E-state index is 0.0848. The van der Waals surface area contributed by atoms with Crippen LogP contribution in [0.1, 0.15) is 16.7 Å². The number of hydrogen-bond acceptors (Lipinski definition) is 2. The minimum Gasteiger partial charge on any atom is -0.384 e. The number of halogens is 1. The molecule has 98 valence electrons. The van der Waals surface area contributed by atoms with Crippen molar-refractivity contribution in [2.24, 2.45) is 5.73 Å². The number of nitrogen functional groups attached to an aromatic ring is 1. The number of nitrogens with one attached hydrogen (secondary N) is 1. The lowest BCUT2D eigenvalue weighted by Gasteiger charge is -2.06. The Bertz CT molecular complexity index is 567. The van der Waals surface area contributed by atoms with Gasteiger partial charge in [0.2, 0.25) is 0 Å². The molecule has 0 bridgehead atoms. The van der Waals surface area contributed by atoms with Crippen molar-refractivity contribution in [3.63, 3.8) is 0 Å². The first-order valence-electron chi connectivity index (χ1n) is 5.90. The van der Waals surface area contributed by atoms with Crippen LogP contribution in [0.5, 0.6) is 0 Å². The molecule has 3 nitrogen and oxygen atoms in total. The van der Waals surface area contributed by atoms with Gasteiger partial charge >= 0.3 is 0 Å². The van der Waals surface area contributed by atoms with Crippen molar-refractivity contribution in [1.29, 1.82) is 5.41 Å². The quantitative estimate of drug-likeness (QED) is 0.655. The molecule has 0 unspecified atom stereocenters. The van der Waals surface area contributed by atoms with Crippen LogP contribution in [0.15, 0.2) is 53.0 Å². The number of rotatable bonds is 5. The Kier molecular flexibility index (Phi) is 4.71. The van der Waals surface area contributed by atoms with E-state index in [-0.39, 0.29) is 5.84 Å². The zero-order valence-electron chi connectivity index (χ0n) is 10.4. The molecule has 2 aromatic carbocycles.